The highest BCUT2D eigenvalue weighted by Gasteiger charge is 2.57. The average molecular weight is 675 g/mol. The number of carbonyl (C=O) groups is 3. The second kappa shape index (κ2) is 11.3. The molecule has 10 nitrogen and oxygen atoms in total. The molecule has 6 rings (SSSR count). The second-order valence-electron chi connectivity index (χ2n) is 10.2. The van der Waals surface area contributed by atoms with E-state index in [-0.39, 0.29) is 15.6 Å². The van der Waals surface area contributed by atoms with Crippen LogP contribution in [-0.4, -0.2) is 36.0 Å². The van der Waals surface area contributed by atoms with Gasteiger partial charge in [0.1, 0.15) is 11.8 Å². The zero-order valence-electron chi connectivity index (χ0n) is 22.7. The number of para-hydroxylation sites is 1. The van der Waals surface area contributed by atoms with E-state index < -0.39 is 73.7 Å². The molecule has 0 aliphatic carbocycles. The summed E-state index contributed by atoms with van der Waals surface area (Å²) in [5.74, 6) is -4.28. The highest BCUT2D eigenvalue weighted by Crippen LogP contribution is 2.54. The number of nitrogens with one attached hydrogen (secondary N) is 1. The van der Waals surface area contributed by atoms with Crippen LogP contribution in [0.2, 0.25) is 0 Å². The molecule has 0 radical (unpaired) electrons. The first kappa shape index (κ1) is 30.8. The molecule has 2 aliphatic heterocycles. The molecule has 3 atom stereocenters. The molecule has 0 spiro atoms. The molecule has 3 amide bonds. The molecule has 1 saturated heterocycles. The van der Waals surface area contributed by atoms with E-state index in [0.717, 1.165) is 39.8 Å². The fourth-order valence-electron chi connectivity index (χ4n) is 5.49. The smallest absolute Gasteiger partial charge is 0.325 e. The van der Waals surface area contributed by atoms with Crippen molar-refractivity contribution in [1.82, 2.24) is 4.57 Å². The highest BCUT2D eigenvalue weighted by molar-refractivity contribution is 8.00. The van der Waals surface area contributed by atoms with E-state index >= 15 is 0 Å². The maximum Gasteiger partial charge on any atom is 0.418 e. The summed E-state index contributed by atoms with van der Waals surface area (Å²) in [6.07, 6.45) is -4.83. The minimum Gasteiger partial charge on any atom is -0.325 e. The monoisotopic (exact) mass is 674 g/mol. The summed E-state index contributed by atoms with van der Waals surface area (Å²) in [4.78, 5) is 54.3. The first-order chi connectivity index (χ1) is 21.3. The van der Waals surface area contributed by atoms with Gasteiger partial charge in [-0.3, -0.25) is 23.7 Å². The van der Waals surface area contributed by atoms with Crippen molar-refractivity contribution < 1.29 is 36.0 Å². The number of amides is 3. The molecule has 16 heteroatoms. The van der Waals surface area contributed by atoms with Gasteiger partial charge in [0.15, 0.2) is 0 Å². The lowest BCUT2D eigenvalue weighted by molar-refractivity contribution is -0.137. The quantitative estimate of drug-likeness (QED) is 0.294. The number of anilines is 2. The number of rotatable bonds is 6. The number of imide groups is 1. The van der Waals surface area contributed by atoms with Gasteiger partial charge in [-0.2, -0.15) is 13.2 Å². The molecule has 0 saturated carbocycles. The Hall–Kier alpha value is -4.25. The largest absolute Gasteiger partial charge is 0.418 e. The van der Waals surface area contributed by atoms with Crippen molar-refractivity contribution in [2.24, 2.45) is 11.1 Å². The van der Waals surface area contributed by atoms with Crippen molar-refractivity contribution in [2.75, 3.05) is 10.2 Å². The molecular weight excluding hydrogens is 654 g/mol. The summed E-state index contributed by atoms with van der Waals surface area (Å²) in [7, 11) is -3.95. The third-order valence-corrected chi connectivity index (χ3v) is 11.0. The fraction of sp³-hybridized carbons (Fsp3) is 0.172. The minimum atomic E-state index is -4.83. The van der Waals surface area contributed by atoms with Crippen LogP contribution in [0.25, 0.3) is 0 Å². The number of aromatic nitrogens is 1. The number of carbonyl (C=O) groups excluding carboxylic acids is 3. The van der Waals surface area contributed by atoms with Crippen molar-refractivity contribution in [1.29, 1.82) is 0 Å². The van der Waals surface area contributed by atoms with Crippen LogP contribution in [0.4, 0.5) is 24.5 Å². The molecular formula is C29H21F3N4O6S3. The Bertz CT molecular complexity index is 2010. The van der Waals surface area contributed by atoms with Crippen molar-refractivity contribution >= 4 is 62.2 Å². The molecule has 232 valence electrons. The number of primary sulfonamides is 1. The molecule has 0 unspecified atom stereocenters. The number of sulfonamides is 1. The maximum atomic E-state index is 13.9. The molecule has 45 heavy (non-hydrogen) atoms. The molecule has 2 aliphatic rings. The number of halogens is 3. The summed E-state index contributed by atoms with van der Waals surface area (Å²) in [6.45, 7) is -0.490. The van der Waals surface area contributed by atoms with Crippen molar-refractivity contribution in [3.63, 3.8) is 0 Å². The first-order valence-corrected chi connectivity index (χ1v) is 16.4. The van der Waals surface area contributed by atoms with Gasteiger partial charge in [0.25, 0.3) is 0 Å². The molecule has 1 fully saturated rings. The van der Waals surface area contributed by atoms with Gasteiger partial charge in [0, 0.05) is 16.5 Å². The zero-order valence-corrected chi connectivity index (χ0v) is 25.2. The Morgan fingerprint density at radius 3 is 2.20 bits per heavy atom. The third kappa shape index (κ3) is 5.58. The number of benzene rings is 3. The third-order valence-electron chi connectivity index (χ3n) is 7.43. The molecule has 3 N–H and O–H groups in total. The first-order valence-electron chi connectivity index (χ1n) is 13.2. The van der Waals surface area contributed by atoms with E-state index in [0.29, 0.717) is 15.3 Å². The van der Waals surface area contributed by atoms with Gasteiger partial charge in [-0.15, -0.1) is 0 Å². The molecule has 4 aromatic rings. The number of thiazole rings is 1. The van der Waals surface area contributed by atoms with E-state index in [4.69, 9.17) is 5.14 Å². The molecule has 0 bridgehead atoms. The van der Waals surface area contributed by atoms with Crippen LogP contribution in [0.1, 0.15) is 21.9 Å². The van der Waals surface area contributed by atoms with Gasteiger partial charge in [-0.05, 0) is 42.0 Å². The molecule has 1 aromatic heterocycles. The van der Waals surface area contributed by atoms with Gasteiger partial charge in [0.05, 0.1) is 27.1 Å². The summed E-state index contributed by atoms with van der Waals surface area (Å²) < 4.78 is 66.0. The van der Waals surface area contributed by atoms with Crippen LogP contribution < -0.4 is 20.2 Å². The fourth-order valence-corrected chi connectivity index (χ4v) is 8.78. The number of hydrogen-bond donors (Lipinski definition) is 2. The maximum absolute atomic E-state index is 13.9. The Kier molecular flexibility index (Phi) is 7.71. The standard InChI is InChI=1S/C29H21F3N4O6S3/c30-29(31,32)18-8-4-5-9-19(18)36-25(38)22-21(15-6-2-1-3-7-15)24-27(43-23(22)26(36)39)35(28(40)44-24)14-20(37)34-16-10-12-17(13-11-16)45(33,41)42/h1-13,21-23H,14H2,(H,34,37)(H2,33,41,42)/t21-,22-,23+/m0/s1. The van der Waals surface area contributed by atoms with Crippen molar-refractivity contribution in [3.8, 4) is 0 Å². The van der Waals surface area contributed by atoms with Gasteiger partial charge in [-0.25, -0.2) is 18.5 Å². The number of nitrogens with zero attached hydrogens (tertiary/aromatic N) is 2. The van der Waals surface area contributed by atoms with Crippen LogP contribution in [0.15, 0.2) is 93.6 Å². The van der Waals surface area contributed by atoms with Crippen LogP contribution in [0, 0.1) is 5.92 Å². The van der Waals surface area contributed by atoms with Crippen molar-refractivity contribution in [3.05, 3.63) is 105 Å². The van der Waals surface area contributed by atoms with Crippen LogP contribution in [0.3, 0.4) is 0 Å². The predicted octanol–water partition coefficient (Wildman–Crippen LogP) is 4.01. The van der Waals surface area contributed by atoms with E-state index in [2.05, 4.69) is 5.32 Å². The number of fused-ring (bicyclic) bond motifs is 2. The van der Waals surface area contributed by atoms with E-state index in [9.17, 15) is 40.8 Å². The predicted molar refractivity (Wildman–Crippen MR) is 160 cm³/mol. The number of nitrogens with two attached hydrogens (primary N) is 1. The number of thioether (sulfide) groups is 1. The lowest BCUT2D eigenvalue weighted by Crippen LogP contribution is -2.33. The molecule has 3 heterocycles. The Morgan fingerprint density at radius 1 is 0.911 bits per heavy atom. The minimum absolute atomic E-state index is 0.163. The second-order valence-corrected chi connectivity index (χ2v) is 13.9. The average Bonchev–Trinajstić information content (AvgIpc) is 3.43. The van der Waals surface area contributed by atoms with Gasteiger partial charge in [-0.1, -0.05) is 65.6 Å². The Balaban J connectivity index is 1.38. The van der Waals surface area contributed by atoms with Crippen LogP contribution in [0.5, 0.6) is 0 Å². The highest BCUT2D eigenvalue weighted by atomic mass is 32.2. The van der Waals surface area contributed by atoms with Crippen LogP contribution in [-0.2, 0) is 37.1 Å². The van der Waals surface area contributed by atoms with E-state index in [1.54, 1.807) is 30.3 Å². The van der Waals surface area contributed by atoms with Gasteiger partial charge in [0.2, 0.25) is 27.7 Å². The SMILES string of the molecule is NS(=O)(=O)c1ccc(NC(=O)Cn2c3c(sc2=O)[C@@H](c2ccccc2)[C@@H]2C(=O)N(c4ccccc4C(F)(F)F)C(=O)[C@@H]2S3)cc1. The van der Waals surface area contributed by atoms with E-state index in [1.807, 2.05) is 0 Å². The summed E-state index contributed by atoms with van der Waals surface area (Å²) in [5.41, 5.74) is -0.897. The summed E-state index contributed by atoms with van der Waals surface area (Å²) in [5, 5.41) is 6.76. The van der Waals surface area contributed by atoms with Gasteiger partial charge < -0.3 is 5.32 Å². The van der Waals surface area contributed by atoms with E-state index in [1.165, 1.54) is 36.4 Å². The van der Waals surface area contributed by atoms with Crippen LogP contribution >= 0.6 is 23.1 Å². The zero-order chi connectivity index (χ0) is 32.3. The normalized spacial score (nSPS) is 19.7. The number of hydrogen-bond acceptors (Lipinski definition) is 8. The topological polar surface area (TPSA) is 149 Å². The van der Waals surface area contributed by atoms with Gasteiger partial charge >= 0.3 is 11.0 Å². The Morgan fingerprint density at radius 2 is 1.56 bits per heavy atom. The number of alkyl halides is 3. The lowest BCUT2D eigenvalue weighted by atomic mass is 9.83. The summed E-state index contributed by atoms with van der Waals surface area (Å²) >= 11 is 1.66. The summed E-state index contributed by atoms with van der Waals surface area (Å²) in [6, 6.07) is 18.0. The lowest BCUT2D eigenvalue weighted by Gasteiger charge is -2.30. The van der Waals surface area contributed by atoms with Crippen molar-refractivity contribution in [2.45, 2.75) is 33.8 Å². The molecule has 3 aromatic carbocycles. The Labute approximate surface area is 261 Å².